The molecule has 1 atom stereocenters. The quantitative estimate of drug-likeness (QED) is 0.504. The third-order valence-electron chi connectivity index (χ3n) is 2.69. The van der Waals surface area contributed by atoms with Crippen molar-refractivity contribution in [2.24, 2.45) is 5.73 Å². The lowest BCUT2D eigenvalue weighted by Gasteiger charge is -2.27. The number of hydrogen-bond donors (Lipinski definition) is 4. The first kappa shape index (κ1) is 14.9. The van der Waals surface area contributed by atoms with Crippen molar-refractivity contribution in [1.82, 2.24) is 10.6 Å². The highest BCUT2D eigenvalue weighted by Crippen LogP contribution is 2.12. The molecule has 0 aromatic rings. The molecule has 0 aromatic carbocycles. The smallest absolute Gasteiger partial charge is 0.318 e. The van der Waals surface area contributed by atoms with Crippen LogP contribution in [-0.4, -0.2) is 35.2 Å². The fraction of sp³-hybridized carbons (Fsp3) is 0.800. The fourth-order valence-corrected chi connectivity index (χ4v) is 1.17. The van der Waals surface area contributed by atoms with Gasteiger partial charge in [0.05, 0.1) is 11.6 Å². The maximum Gasteiger partial charge on any atom is 0.318 e. The maximum absolute atomic E-state index is 11.3. The highest BCUT2D eigenvalue weighted by molar-refractivity contribution is 5.96. The van der Waals surface area contributed by atoms with Crippen LogP contribution < -0.4 is 16.4 Å². The van der Waals surface area contributed by atoms with Crippen LogP contribution in [0.15, 0.2) is 0 Å². The molecule has 0 saturated heterocycles. The van der Waals surface area contributed by atoms with E-state index in [0.717, 1.165) is 0 Å². The van der Waals surface area contributed by atoms with Gasteiger partial charge in [0.25, 0.3) is 0 Å². The summed E-state index contributed by atoms with van der Waals surface area (Å²) in [5.41, 5.74) is 4.00. The number of hydrogen-bond acceptors (Lipinski definition) is 4. The van der Waals surface area contributed by atoms with E-state index in [1.807, 2.05) is 19.2 Å². The zero-order chi connectivity index (χ0) is 12.8. The van der Waals surface area contributed by atoms with E-state index in [1.54, 1.807) is 6.92 Å². The summed E-state index contributed by atoms with van der Waals surface area (Å²) in [7, 11) is 0. The van der Waals surface area contributed by atoms with Crippen LogP contribution in [0, 0.1) is 0 Å². The topological polar surface area (TPSA) is 104 Å². The zero-order valence-electron chi connectivity index (χ0n) is 10.0. The van der Waals surface area contributed by atoms with E-state index in [2.05, 4.69) is 5.32 Å². The summed E-state index contributed by atoms with van der Waals surface area (Å²) in [4.78, 5) is 21.7. The normalized spacial score (nSPS) is 13.2. The Bertz CT molecular complexity index is 252. The van der Waals surface area contributed by atoms with Crippen molar-refractivity contribution in [2.45, 2.75) is 45.3 Å². The van der Waals surface area contributed by atoms with Crippen LogP contribution in [0.25, 0.3) is 0 Å². The van der Waals surface area contributed by atoms with Gasteiger partial charge in [-0.3, -0.25) is 10.1 Å². The van der Waals surface area contributed by atoms with Crippen molar-refractivity contribution in [1.29, 1.82) is 0 Å². The van der Waals surface area contributed by atoms with Crippen molar-refractivity contribution < 1.29 is 14.7 Å². The highest BCUT2D eigenvalue weighted by Gasteiger charge is 2.24. The molecule has 6 nitrogen and oxygen atoms in total. The predicted octanol–water partition coefficient (Wildman–Crippen LogP) is -0.289. The molecule has 0 aromatic heterocycles. The molecule has 0 fully saturated rings. The van der Waals surface area contributed by atoms with Gasteiger partial charge in [-0.1, -0.05) is 13.8 Å². The van der Waals surface area contributed by atoms with Crippen LogP contribution in [-0.2, 0) is 4.79 Å². The van der Waals surface area contributed by atoms with Gasteiger partial charge in [0.15, 0.2) is 0 Å². The van der Waals surface area contributed by atoms with Gasteiger partial charge in [-0.25, -0.2) is 4.79 Å². The number of amides is 3. The third kappa shape index (κ3) is 5.09. The largest absolute Gasteiger partial charge is 0.389 e. The summed E-state index contributed by atoms with van der Waals surface area (Å²) in [6.07, 6.45) is 1.20. The van der Waals surface area contributed by atoms with Crippen LogP contribution >= 0.6 is 0 Å². The van der Waals surface area contributed by atoms with Crippen LogP contribution in [0.4, 0.5) is 4.79 Å². The molecule has 0 heterocycles. The van der Waals surface area contributed by atoms with E-state index < -0.39 is 23.6 Å². The van der Waals surface area contributed by atoms with Gasteiger partial charge in [0.1, 0.15) is 0 Å². The molecule has 0 aliphatic rings. The minimum absolute atomic E-state index is 0.299. The number of carbonyl (C=O) groups is 2. The van der Waals surface area contributed by atoms with Gasteiger partial charge in [0.2, 0.25) is 5.91 Å². The lowest BCUT2D eigenvalue weighted by Crippen LogP contribution is -2.50. The lowest BCUT2D eigenvalue weighted by atomic mass is 9.97. The van der Waals surface area contributed by atoms with E-state index >= 15 is 0 Å². The average molecular weight is 231 g/mol. The Hall–Kier alpha value is -1.14. The summed E-state index contributed by atoms with van der Waals surface area (Å²) in [6, 6.07) is -1.45. The average Bonchev–Trinajstić information content (AvgIpc) is 2.24. The Morgan fingerprint density at radius 1 is 1.38 bits per heavy atom. The first-order valence-electron chi connectivity index (χ1n) is 5.40. The molecule has 0 spiro atoms. The van der Waals surface area contributed by atoms with Crippen LogP contribution in [0.2, 0.25) is 0 Å². The van der Waals surface area contributed by atoms with Gasteiger partial charge < -0.3 is 16.2 Å². The van der Waals surface area contributed by atoms with Crippen molar-refractivity contribution in [2.75, 3.05) is 6.54 Å². The summed E-state index contributed by atoms with van der Waals surface area (Å²) in [5.74, 6) is -0.498. The number of rotatable bonds is 6. The molecule has 0 aliphatic heterocycles. The van der Waals surface area contributed by atoms with E-state index in [1.165, 1.54) is 0 Å². The number of urea groups is 1. The molecular weight excluding hydrogens is 210 g/mol. The highest BCUT2D eigenvalue weighted by atomic mass is 16.3. The van der Waals surface area contributed by atoms with Gasteiger partial charge >= 0.3 is 6.03 Å². The number of nitrogens with one attached hydrogen (secondary N) is 2. The minimum atomic E-state index is -0.875. The molecule has 1 unspecified atom stereocenters. The Labute approximate surface area is 95.6 Å². The van der Waals surface area contributed by atoms with Gasteiger partial charge in [0, 0.05) is 6.54 Å². The maximum atomic E-state index is 11.3. The van der Waals surface area contributed by atoms with Crippen molar-refractivity contribution in [3.05, 3.63) is 0 Å². The number of aliphatic hydroxyl groups is 1. The molecule has 5 N–H and O–H groups in total. The van der Waals surface area contributed by atoms with E-state index in [9.17, 15) is 14.7 Å². The summed E-state index contributed by atoms with van der Waals surface area (Å²) in [5, 5.41) is 14.8. The minimum Gasteiger partial charge on any atom is -0.389 e. The van der Waals surface area contributed by atoms with Crippen LogP contribution in [0.3, 0.4) is 0 Å². The number of carbonyl (C=O) groups excluding carboxylic acids is 2. The van der Waals surface area contributed by atoms with Gasteiger partial charge in [-0.05, 0) is 19.8 Å². The second kappa shape index (κ2) is 6.44. The molecule has 3 amide bonds. The number of primary amides is 1. The van der Waals surface area contributed by atoms with E-state index in [-0.39, 0.29) is 0 Å². The molecule has 0 rings (SSSR count). The monoisotopic (exact) mass is 231 g/mol. The molecule has 0 aliphatic carbocycles. The van der Waals surface area contributed by atoms with E-state index in [0.29, 0.717) is 19.4 Å². The van der Waals surface area contributed by atoms with E-state index in [4.69, 9.17) is 5.73 Å². The molecule has 0 radical (unpaired) electrons. The van der Waals surface area contributed by atoms with Crippen LogP contribution in [0.1, 0.15) is 33.6 Å². The molecule has 0 bridgehead atoms. The molecule has 0 saturated carbocycles. The Morgan fingerprint density at radius 3 is 2.25 bits per heavy atom. The SMILES string of the molecule is CCC(O)(CC)CNC(C)C(=O)NC(N)=O. The van der Waals surface area contributed by atoms with Crippen molar-refractivity contribution >= 4 is 11.9 Å². The summed E-state index contributed by atoms with van der Waals surface area (Å²) in [6.45, 7) is 5.65. The zero-order valence-corrected chi connectivity index (χ0v) is 10.0. The summed E-state index contributed by atoms with van der Waals surface area (Å²) >= 11 is 0. The second-order valence-electron chi connectivity index (χ2n) is 3.89. The Balaban J connectivity index is 4.10. The van der Waals surface area contributed by atoms with Gasteiger partial charge in [-0.15, -0.1) is 0 Å². The Morgan fingerprint density at radius 2 is 1.88 bits per heavy atom. The first-order valence-corrected chi connectivity index (χ1v) is 5.40. The summed E-state index contributed by atoms with van der Waals surface area (Å²) < 4.78 is 0. The fourth-order valence-electron chi connectivity index (χ4n) is 1.17. The predicted molar refractivity (Wildman–Crippen MR) is 60.7 cm³/mol. The molecule has 6 heteroatoms. The third-order valence-corrected chi connectivity index (χ3v) is 2.69. The molecule has 94 valence electrons. The second-order valence-corrected chi connectivity index (χ2v) is 3.89. The van der Waals surface area contributed by atoms with Crippen molar-refractivity contribution in [3.63, 3.8) is 0 Å². The van der Waals surface area contributed by atoms with Crippen molar-refractivity contribution in [3.8, 4) is 0 Å². The first-order chi connectivity index (χ1) is 7.34. The van der Waals surface area contributed by atoms with Gasteiger partial charge in [-0.2, -0.15) is 0 Å². The standard InChI is InChI=1S/C10H21N3O3/c1-4-10(16,5-2)6-12-7(3)8(14)13-9(11)15/h7,12,16H,4-6H2,1-3H3,(H3,11,13,14,15). The Kier molecular flexibility index (Phi) is 5.98. The lowest BCUT2D eigenvalue weighted by molar-refractivity contribution is -0.121. The molecule has 16 heavy (non-hydrogen) atoms. The molecular formula is C10H21N3O3. The number of imide groups is 1. The van der Waals surface area contributed by atoms with Crippen LogP contribution in [0.5, 0.6) is 0 Å². The number of nitrogens with two attached hydrogens (primary N) is 1.